The number of para-hydroxylation sites is 1. The lowest BCUT2D eigenvalue weighted by Crippen LogP contribution is -2.11. The van der Waals surface area contributed by atoms with E-state index in [4.69, 9.17) is 4.98 Å². The molecule has 0 saturated carbocycles. The van der Waals surface area contributed by atoms with Gasteiger partial charge in [-0.25, -0.2) is 4.98 Å². The van der Waals surface area contributed by atoms with Crippen LogP contribution in [-0.2, 0) is 12.0 Å². The Hall–Kier alpha value is -1.94. The molecule has 0 spiro atoms. The fraction of sp³-hybridized carbons (Fsp3) is 0.294. The van der Waals surface area contributed by atoms with Crippen LogP contribution in [0, 0.1) is 0 Å². The maximum atomic E-state index is 11.2. The zero-order chi connectivity index (χ0) is 15.0. The van der Waals surface area contributed by atoms with Gasteiger partial charge < -0.3 is 4.57 Å². The normalized spacial score (nSPS) is 12.0. The van der Waals surface area contributed by atoms with Crippen molar-refractivity contribution in [2.75, 3.05) is 0 Å². The minimum Gasteiger partial charge on any atom is -0.340 e. The molecule has 0 aliphatic rings. The third kappa shape index (κ3) is 2.63. The molecule has 0 aliphatic carbocycles. The quantitative estimate of drug-likeness (QED) is 0.677. The number of thiazole rings is 1. The number of fused-ring (bicyclic) bond motifs is 1. The van der Waals surface area contributed by atoms with Crippen LogP contribution in [0.3, 0.4) is 0 Å². The van der Waals surface area contributed by atoms with E-state index in [0.717, 1.165) is 33.5 Å². The van der Waals surface area contributed by atoms with Crippen molar-refractivity contribution in [3.05, 3.63) is 52.1 Å². The highest BCUT2D eigenvalue weighted by Crippen LogP contribution is 2.26. The summed E-state index contributed by atoms with van der Waals surface area (Å²) in [5, 5.41) is 4.28. The monoisotopic (exact) mass is 298 g/mol. The first-order valence-electron chi connectivity index (χ1n) is 6.97. The van der Waals surface area contributed by atoms with Crippen molar-refractivity contribution in [3.63, 3.8) is 0 Å². The molecule has 108 valence electrons. The van der Waals surface area contributed by atoms with Crippen LogP contribution in [0.2, 0.25) is 0 Å². The molecule has 0 saturated heterocycles. The molecule has 4 heteroatoms. The average molecular weight is 298 g/mol. The molecule has 0 radical (unpaired) electrons. The van der Waals surface area contributed by atoms with E-state index >= 15 is 0 Å². The second-order valence-corrected chi connectivity index (χ2v) is 7.17. The highest BCUT2D eigenvalue weighted by Gasteiger charge is 2.17. The van der Waals surface area contributed by atoms with Crippen LogP contribution < -0.4 is 0 Å². The first-order valence-corrected chi connectivity index (χ1v) is 7.85. The van der Waals surface area contributed by atoms with Gasteiger partial charge in [0, 0.05) is 27.9 Å². The Kier molecular flexibility index (Phi) is 3.41. The SMILES string of the molecule is CC(C)(C)c1csc(Cn2ccc3cccc(C=O)c32)n1. The molecule has 0 fully saturated rings. The van der Waals surface area contributed by atoms with E-state index < -0.39 is 0 Å². The Bertz CT molecular complexity index is 793. The summed E-state index contributed by atoms with van der Waals surface area (Å²) in [6.07, 6.45) is 2.94. The lowest BCUT2D eigenvalue weighted by Gasteiger charge is -2.14. The van der Waals surface area contributed by atoms with Crippen molar-refractivity contribution in [1.29, 1.82) is 0 Å². The summed E-state index contributed by atoms with van der Waals surface area (Å²) < 4.78 is 2.10. The second-order valence-electron chi connectivity index (χ2n) is 6.22. The summed E-state index contributed by atoms with van der Waals surface area (Å²) in [7, 11) is 0. The maximum absolute atomic E-state index is 11.2. The highest BCUT2D eigenvalue weighted by atomic mass is 32.1. The van der Waals surface area contributed by atoms with Gasteiger partial charge in [-0.15, -0.1) is 11.3 Å². The zero-order valence-corrected chi connectivity index (χ0v) is 13.3. The summed E-state index contributed by atoms with van der Waals surface area (Å²) in [6.45, 7) is 7.21. The topological polar surface area (TPSA) is 34.9 Å². The molecule has 3 nitrogen and oxygen atoms in total. The van der Waals surface area contributed by atoms with Crippen LogP contribution in [0.1, 0.15) is 41.8 Å². The predicted molar refractivity (Wildman–Crippen MR) is 87.2 cm³/mol. The number of aromatic nitrogens is 2. The summed E-state index contributed by atoms with van der Waals surface area (Å²) in [6, 6.07) is 7.84. The smallest absolute Gasteiger partial charge is 0.152 e. The fourth-order valence-corrected chi connectivity index (χ4v) is 3.41. The average Bonchev–Trinajstić information content (AvgIpc) is 3.06. The number of hydrogen-bond donors (Lipinski definition) is 0. The van der Waals surface area contributed by atoms with Gasteiger partial charge in [0.25, 0.3) is 0 Å². The van der Waals surface area contributed by atoms with Gasteiger partial charge in [0.05, 0.1) is 17.8 Å². The van der Waals surface area contributed by atoms with Gasteiger partial charge in [-0.05, 0) is 12.1 Å². The Morgan fingerprint density at radius 1 is 1.29 bits per heavy atom. The standard InChI is InChI=1S/C17H18N2OS/c1-17(2,3)14-11-21-15(18-14)9-19-8-7-12-5-4-6-13(10-20)16(12)19/h4-8,10-11H,9H2,1-3H3. The molecule has 0 aliphatic heterocycles. The van der Waals surface area contributed by atoms with E-state index in [1.54, 1.807) is 11.3 Å². The lowest BCUT2D eigenvalue weighted by atomic mass is 9.93. The number of nitrogens with zero attached hydrogens (tertiary/aromatic N) is 2. The zero-order valence-electron chi connectivity index (χ0n) is 12.5. The molecule has 1 aromatic carbocycles. The van der Waals surface area contributed by atoms with Crippen molar-refractivity contribution in [1.82, 2.24) is 9.55 Å². The number of benzene rings is 1. The first-order chi connectivity index (χ1) is 9.99. The van der Waals surface area contributed by atoms with Crippen LogP contribution in [0.4, 0.5) is 0 Å². The summed E-state index contributed by atoms with van der Waals surface area (Å²) in [5.74, 6) is 0. The van der Waals surface area contributed by atoms with E-state index in [2.05, 4.69) is 30.7 Å². The highest BCUT2D eigenvalue weighted by molar-refractivity contribution is 7.09. The Balaban J connectivity index is 1.99. The van der Waals surface area contributed by atoms with Gasteiger partial charge in [-0.3, -0.25) is 4.79 Å². The Morgan fingerprint density at radius 3 is 2.76 bits per heavy atom. The summed E-state index contributed by atoms with van der Waals surface area (Å²) >= 11 is 1.68. The van der Waals surface area contributed by atoms with Gasteiger partial charge in [0.15, 0.2) is 6.29 Å². The molecule has 0 atom stereocenters. The van der Waals surface area contributed by atoms with E-state index in [9.17, 15) is 4.79 Å². The Morgan fingerprint density at radius 2 is 2.10 bits per heavy atom. The number of aldehydes is 1. The van der Waals surface area contributed by atoms with Gasteiger partial charge in [0.2, 0.25) is 0 Å². The predicted octanol–water partition coefficient (Wildman–Crippen LogP) is 4.26. The van der Waals surface area contributed by atoms with E-state index in [1.165, 1.54) is 0 Å². The molecule has 0 unspecified atom stereocenters. The minimum atomic E-state index is 0.0709. The van der Waals surface area contributed by atoms with Crippen molar-refractivity contribution < 1.29 is 4.79 Å². The lowest BCUT2D eigenvalue weighted by molar-refractivity contribution is 0.112. The van der Waals surface area contributed by atoms with Crippen LogP contribution in [0.5, 0.6) is 0 Å². The van der Waals surface area contributed by atoms with E-state index in [1.807, 2.05) is 30.5 Å². The molecular weight excluding hydrogens is 280 g/mol. The molecule has 0 bridgehead atoms. The fourth-order valence-electron chi connectivity index (χ4n) is 2.39. The van der Waals surface area contributed by atoms with Gasteiger partial charge in [0.1, 0.15) is 5.01 Å². The van der Waals surface area contributed by atoms with Crippen LogP contribution >= 0.6 is 11.3 Å². The summed E-state index contributed by atoms with van der Waals surface area (Å²) in [5.41, 5.74) is 2.90. The van der Waals surface area contributed by atoms with Crippen LogP contribution in [0.25, 0.3) is 10.9 Å². The number of hydrogen-bond acceptors (Lipinski definition) is 3. The molecule has 2 heterocycles. The van der Waals surface area contributed by atoms with Gasteiger partial charge in [-0.1, -0.05) is 32.9 Å². The van der Waals surface area contributed by atoms with Crippen molar-refractivity contribution in [2.45, 2.75) is 32.7 Å². The number of rotatable bonds is 3. The molecular formula is C17H18N2OS. The maximum Gasteiger partial charge on any atom is 0.152 e. The Labute approximate surface area is 128 Å². The minimum absolute atomic E-state index is 0.0709. The number of carbonyl (C=O) groups is 1. The van der Waals surface area contributed by atoms with Crippen molar-refractivity contribution in [2.24, 2.45) is 0 Å². The van der Waals surface area contributed by atoms with Gasteiger partial charge in [-0.2, -0.15) is 0 Å². The van der Waals surface area contributed by atoms with Crippen LogP contribution in [-0.4, -0.2) is 15.8 Å². The van der Waals surface area contributed by atoms with Crippen molar-refractivity contribution in [3.8, 4) is 0 Å². The molecule has 3 aromatic rings. The number of carbonyl (C=O) groups excluding carboxylic acids is 1. The van der Waals surface area contributed by atoms with E-state index in [0.29, 0.717) is 6.54 Å². The molecule has 2 aromatic heterocycles. The van der Waals surface area contributed by atoms with Crippen LogP contribution in [0.15, 0.2) is 35.8 Å². The third-order valence-corrected chi connectivity index (χ3v) is 4.41. The van der Waals surface area contributed by atoms with Gasteiger partial charge >= 0.3 is 0 Å². The molecule has 3 rings (SSSR count). The first kappa shape index (κ1) is 14.0. The third-order valence-electron chi connectivity index (χ3n) is 3.57. The largest absolute Gasteiger partial charge is 0.340 e. The molecule has 0 amide bonds. The second kappa shape index (κ2) is 5.11. The van der Waals surface area contributed by atoms with Crippen molar-refractivity contribution >= 4 is 28.5 Å². The summed E-state index contributed by atoms with van der Waals surface area (Å²) in [4.78, 5) is 16.0. The molecule has 21 heavy (non-hydrogen) atoms. The van der Waals surface area contributed by atoms with E-state index in [-0.39, 0.29) is 5.41 Å². The molecule has 0 N–H and O–H groups in total.